The Morgan fingerprint density at radius 2 is 1.96 bits per heavy atom. The van der Waals surface area contributed by atoms with Gasteiger partial charge >= 0.3 is 0 Å². The largest absolute Gasteiger partial charge is 0.444 e. The number of halogens is 1. The van der Waals surface area contributed by atoms with Gasteiger partial charge in [0, 0.05) is 12.2 Å². The van der Waals surface area contributed by atoms with E-state index in [0.29, 0.717) is 11.2 Å². The second-order valence-electron chi connectivity index (χ2n) is 5.19. The maximum atomic E-state index is 12.4. The van der Waals surface area contributed by atoms with Crippen molar-refractivity contribution in [2.45, 2.75) is 20.3 Å². The number of amides is 2. The number of para-hydroxylation sites is 1. The molecule has 0 spiro atoms. The molecule has 23 heavy (non-hydrogen) atoms. The average Bonchev–Trinajstić information content (AvgIpc) is 2.95. The maximum Gasteiger partial charge on any atom is 0.290 e. The fraction of sp³-hybridized carbons (Fsp3) is 0.294. The summed E-state index contributed by atoms with van der Waals surface area (Å²) in [4.78, 5) is 26.2. The van der Waals surface area contributed by atoms with E-state index >= 15 is 0 Å². The summed E-state index contributed by atoms with van der Waals surface area (Å²) in [5.74, 6) is -0.307. The first-order valence-corrected chi connectivity index (χ1v) is 8.20. The zero-order valence-corrected chi connectivity index (χ0v) is 14.7. The lowest BCUT2D eigenvalue weighted by Gasteiger charge is -2.20. The van der Waals surface area contributed by atoms with Crippen molar-refractivity contribution in [1.29, 1.82) is 0 Å². The number of carbonyl (C=O) groups excluding carboxylic acids is 2. The van der Waals surface area contributed by atoms with Gasteiger partial charge in [-0.3, -0.25) is 9.59 Å². The van der Waals surface area contributed by atoms with Gasteiger partial charge in [-0.05, 0) is 53.0 Å². The van der Waals surface area contributed by atoms with Gasteiger partial charge in [-0.1, -0.05) is 25.1 Å². The molecule has 1 N–H and O–H groups in total. The lowest BCUT2D eigenvalue weighted by atomic mass is 10.2. The molecule has 0 aliphatic rings. The van der Waals surface area contributed by atoms with Crippen molar-refractivity contribution < 1.29 is 14.0 Å². The van der Waals surface area contributed by atoms with Crippen molar-refractivity contribution in [2.75, 3.05) is 18.4 Å². The van der Waals surface area contributed by atoms with E-state index < -0.39 is 0 Å². The molecule has 0 fully saturated rings. The molecule has 0 aliphatic heterocycles. The molecular formula is C17H19BrN2O3. The van der Waals surface area contributed by atoms with Crippen LogP contribution in [0.3, 0.4) is 0 Å². The van der Waals surface area contributed by atoms with Gasteiger partial charge in [-0.2, -0.15) is 0 Å². The van der Waals surface area contributed by atoms with Crippen LogP contribution in [0.25, 0.3) is 0 Å². The summed E-state index contributed by atoms with van der Waals surface area (Å²) < 4.78 is 5.77. The Balaban J connectivity index is 2.05. The Kier molecular flexibility index (Phi) is 5.98. The number of hydrogen-bond donors (Lipinski definition) is 1. The number of rotatable bonds is 6. The number of hydrogen-bond acceptors (Lipinski definition) is 3. The highest BCUT2D eigenvalue weighted by Gasteiger charge is 2.21. The maximum absolute atomic E-state index is 12.4. The second kappa shape index (κ2) is 7.97. The molecule has 0 unspecified atom stereocenters. The number of nitrogens with one attached hydrogen (secondary N) is 1. The minimum Gasteiger partial charge on any atom is -0.444 e. The summed E-state index contributed by atoms with van der Waals surface area (Å²) in [7, 11) is 0. The first-order chi connectivity index (χ1) is 11.0. The number of anilines is 1. The van der Waals surface area contributed by atoms with Crippen LogP contribution >= 0.6 is 15.9 Å². The average molecular weight is 379 g/mol. The normalized spacial score (nSPS) is 10.4. The number of benzene rings is 1. The molecule has 2 rings (SSSR count). The molecule has 1 aromatic heterocycles. The quantitative estimate of drug-likeness (QED) is 0.830. The molecule has 5 nitrogen and oxygen atoms in total. The van der Waals surface area contributed by atoms with E-state index in [2.05, 4.69) is 21.2 Å². The zero-order valence-electron chi connectivity index (χ0n) is 13.1. The second-order valence-corrected chi connectivity index (χ2v) is 5.98. The molecular weight excluding hydrogens is 360 g/mol. The zero-order chi connectivity index (χ0) is 16.8. The van der Waals surface area contributed by atoms with Crippen molar-refractivity contribution in [3.05, 3.63) is 52.4 Å². The van der Waals surface area contributed by atoms with Crippen LogP contribution < -0.4 is 5.32 Å². The lowest BCUT2D eigenvalue weighted by molar-refractivity contribution is -0.116. The van der Waals surface area contributed by atoms with Crippen LogP contribution in [0.4, 0.5) is 5.69 Å². The Labute approximate surface area is 143 Å². The lowest BCUT2D eigenvalue weighted by Crippen LogP contribution is -2.38. The molecule has 6 heteroatoms. The van der Waals surface area contributed by atoms with E-state index in [1.165, 1.54) is 4.90 Å². The monoisotopic (exact) mass is 378 g/mol. The predicted octanol–water partition coefficient (Wildman–Crippen LogP) is 3.84. The van der Waals surface area contributed by atoms with Crippen LogP contribution in [0, 0.1) is 6.92 Å². The van der Waals surface area contributed by atoms with E-state index in [9.17, 15) is 9.59 Å². The smallest absolute Gasteiger partial charge is 0.290 e. The van der Waals surface area contributed by atoms with E-state index in [1.54, 1.807) is 12.1 Å². The van der Waals surface area contributed by atoms with E-state index in [4.69, 9.17) is 4.42 Å². The Morgan fingerprint density at radius 1 is 1.22 bits per heavy atom. The first-order valence-electron chi connectivity index (χ1n) is 7.41. The standard InChI is InChI=1S/C17H19BrN2O3/c1-3-10-20(17(22)14-8-9-15(18)23-14)11-16(21)19-13-7-5-4-6-12(13)2/h4-9H,3,10-11H2,1-2H3,(H,19,21). The predicted molar refractivity (Wildman–Crippen MR) is 92.4 cm³/mol. The summed E-state index contributed by atoms with van der Waals surface area (Å²) in [6.45, 7) is 4.35. The molecule has 122 valence electrons. The van der Waals surface area contributed by atoms with Gasteiger partial charge in [0.2, 0.25) is 5.91 Å². The molecule has 2 amide bonds. The molecule has 0 bridgehead atoms. The Morgan fingerprint density at radius 3 is 2.57 bits per heavy atom. The number of carbonyl (C=O) groups is 2. The third kappa shape index (κ3) is 4.69. The molecule has 1 aromatic carbocycles. The number of aryl methyl sites for hydroxylation is 1. The molecule has 0 atom stereocenters. The minimum absolute atomic E-state index is 0.0146. The van der Waals surface area contributed by atoms with Crippen LogP contribution in [0.1, 0.15) is 29.5 Å². The van der Waals surface area contributed by atoms with E-state index in [0.717, 1.165) is 17.7 Å². The van der Waals surface area contributed by atoms with Gasteiger partial charge in [0.05, 0.1) is 0 Å². The van der Waals surface area contributed by atoms with Crippen LogP contribution in [0.2, 0.25) is 0 Å². The summed E-state index contributed by atoms with van der Waals surface area (Å²) in [5, 5.41) is 2.84. The van der Waals surface area contributed by atoms with Crippen LogP contribution in [0.5, 0.6) is 0 Å². The minimum atomic E-state index is -0.294. The summed E-state index contributed by atoms with van der Waals surface area (Å²) in [6.07, 6.45) is 0.755. The van der Waals surface area contributed by atoms with Crippen LogP contribution in [-0.4, -0.2) is 29.8 Å². The highest BCUT2D eigenvalue weighted by molar-refractivity contribution is 9.10. The van der Waals surface area contributed by atoms with E-state index in [-0.39, 0.29) is 24.1 Å². The van der Waals surface area contributed by atoms with Gasteiger partial charge in [-0.25, -0.2) is 0 Å². The third-order valence-corrected chi connectivity index (χ3v) is 3.74. The van der Waals surface area contributed by atoms with Crippen molar-refractivity contribution in [1.82, 2.24) is 4.90 Å². The molecule has 0 aliphatic carbocycles. The van der Waals surface area contributed by atoms with Gasteiger partial charge in [0.25, 0.3) is 5.91 Å². The number of furan rings is 1. The van der Waals surface area contributed by atoms with Crippen molar-refractivity contribution in [3.8, 4) is 0 Å². The summed E-state index contributed by atoms with van der Waals surface area (Å²) in [5.41, 5.74) is 1.73. The van der Waals surface area contributed by atoms with Gasteiger partial charge in [0.15, 0.2) is 10.4 Å². The van der Waals surface area contributed by atoms with Crippen molar-refractivity contribution in [2.24, 2.45) is 0 Å². The van der Waals surface area contributed by atoms with Crippen LogP contribution in [0.15, 0.2) is 45.5 Å². The Bertz CT molecular complexity index is 697. The first kappa shape index (κ1) is 17.3. The van der Waals surface area contributed by atoms with Crippen molar-refractivity contribution >= 4 is 33.4 Å². The highest BCUT2D eigenvalue weighted by atomic mass is 79.9. The molecule has 0 saturated carbocycles. The fourth-order valence-corrected chi connectivity index (χ4v) is 2.49. The number of nitrogens with zero attached hydrogens (tertiary/aromatic N) is 1. The SMILES string of the molecule is CCCN(CC(=O)Nc1ccccc1C)C(=O)c1ccc(Br)o1. The fourth-order valence-electron chi connectivity index (χ4n) is 2.18. The van der Waals surface area contributed by atoms with Gasteiger partial charge < -0.3 is 14.6 Å². The highest BCUT2D eigenvalue weighted by Crippen LogP contribution is 2.17. The summed E-state index contributed by atoms with van der Waals surface area (Å²) >= 11 is 3.17. The topological polar surface area (TPSA) is 62.6 Å². The van der Waals surface area contributed by atoms with Gasteiger partial charge in [-0.15, -0.1) is 0 Å². The Hall–Kier alpha value is -2.08. The molecule has 0 radical (unpaired) electrons. The molecule has 1 heterocycles. The molecule has 2 aromatic rings. The molecule has 0 saturated heterocycles. The van der Waals surface area contributed by atoms with Crippen LogP contribution in [-0.2, 0) is 4.79 Å². The van der Waals surface area contributed by atoms with E-state index in [1.807, 2.05) is 38.1 Å². The van der Waals surface area contributed by atoms with Gasteiger partial charge in [0.1, 0.15) is 6.54 Å². The third-order valence-electron chi connectivity index (χ3n) is 3.32. The van der Waals surface area contributed by atoms with Crippen molar-refractivity contribution in [3.63, 3.8) is 0 Å². The summed E-state index contributed by atoms with van der Waals surface area (Å²) in [6, 6.07) is 10.8.